The number of rotatable bonds is 7. The zero-order valence-corrected chi connectivity index (χ0v) is 14.2. The Balaban J connectivity index is 2.71. The molecular weight excluding hydrogens is 278 g/mol. The van der Waals surface area contributed by atoms with Crippen molar-refractivity contribution < 1.29 is 14.7 Å². The first kappa shape index (κ1) is 18.2. The molecule has 122 valence electrons. The van der Waals surface area contributed by atoms with Gasteiger partial charge in [0, 0.05) is 13.6 Å². The molecule has 4 nitrogen and oxygen atoms in total. The van der Waals surface area contributed by atoms with Crippen LogP contribution in [0.5, 0.6) is 0 Å². The van der Waals surface area contributed by atoms with E-state index in [1.54, 1.807) is 14.0 Å². The number of aliphatic carboxylic acids is 1. The molecule has 1 aromatic rings. The Morgan fingerprint density at radius 3 is 2.09 bits per heavy atom. The van der Waals surface area contributed by atoms with Crippen molar-refractivity contribution >= 4 is 11.9 Å². The van der Waals surface area contributed by atoms with Crippen LogP contribution in [0.25, 0.3) is 0 Å². The predicted molar refractivity (Wildman–Crippen MR) is 87.8 cm³/mol. The number of hydrogen-bond donors (Lipinski definition) is 1. The summed E-state index contributed by atoms with van der Waals surface area (Å²) in [6.45, 7) is 8.06. The normalized spacial score (nSPS) is 13.7. The highest BCUT2D eigenvalue weighted by atomic mass is 16.4. The third kappa shape index (κ3) is 5.17. The summed E-state index contributed by atoms with van der Waals surface area (Å²) in [4.78, 5) is 24.8. The van der Waals surface area contributed by atoms with Crippen LogP contribution in [0.2, 0.25) is 0 Å². The molecule has 4 heteroatoms. The summed E-state index contributed by atoms with van der Waals surface area (Å²) in [5.41, 5.74) is 2.23. The van der Waals surface area contributed by atoms with Gasteiger partial charge < -0.3 is 10.0 Å². The van der Waals surface area contributed by atoms with E-state index in [0.717, 1.165) is 12.0 Å². The Labute approximate surface area is 133 Å². The number of amides is 1. The summed E-state index contributed by atoms with van der Waals surface area (Å²) >= 11 is 0. The number of likely N-dealkylation sites (N-methyl/N-ethyl adjacent to an activating group) is 1. The molecule has 1 N–H and O–H groups in total. The molecule has 0 fully saturated rings. The van der Waals surface area contributed by atoms with Crippen LogP contribution in [0.15, 0.2) is 24.3 Å². The molecular formula is C18H27NO3. The highest BCUT2D eigenvalue weighted by Gasteiger charge is 2.22. The van der Waals surface area contributed by atoms with Crippen molar-refractivity contribution in [3.05, 3.63) is 35.4 Å². The Morgan fingerprint density at radius 1 is 1.09 bits per heavy atom. The first-order chi connectivity index (χ1) is 10.2. The zero-order valence-electron chi connectivity index (χ0n) is 14.2. The lowest BCUT2D eigenvalue weighted by molar-refractivity contribution is -0.142. The smallest absolute Gasteiger partial charge is 0.308 e. The number of benzene rings is 1. The van der Waals surface area contributed by atoms with E-state index in [9.17, 15) is 9.59 Å². The maximum Gasteiger partial charge on any atom is 0.308 e. The topological polar surface area (TPSA) is 57.6 Å². The zero-order chi connectivity index (χ0) is 16.9. The average molecular weight is 305 g/mol. The van der Waals surface area contributed by atoms with Crippen LogP contribution in [-0.4, -0.2) is 35.5 Å². The molecule has 0 aliphatic carbocycles. The van der Waals surface area contributed by atoms with Gasteiger partial charge >= 0.3 is 5.97 Å². The van der Waals surface area contributed by atoms with E-state index in [2.05, 4.69) is 26.0 Å². The maximum absolute atomic E-state index is 12.4. The Bertz CT molecular complexity index is 508. The van der Waals surface area contributed by atoms with Crippen LogP contribution in [0.1, 0.15) is 44.7 Å². The minimum Gasteiger partial charge on any atom is -0.481 e. The van der Waals surface area contributed by atoms with Crippen molar-refractivity contribution in [2.24, 2.45) is 11.8 Å². The highest BCUT2D eigenvalue weighted by Crippen LogP contribution is 2.20. The van der Waals surface area contributed by atoms with Crippen LogP contribution >= 0.6 is 0 Å². The van der Waals surface area contributed by atoms with Gasteiger partial charge in [0.15, 0.2) is 0 Å². The van der Waals surface area contributed by atoms with E-state index in [1.165, 1.54) is 10.5 Å². The lowest BCUT2D eigenvalue weighted by Gasteiger charge is -2.23. The first-order valence-corrected chi connectivity index (χ1v) is 7.79. The fourth-order valence-corrected chi connectivity index (χ4v) is 2.47. The predicted octanol–water partition coefficient (Wildman–Crippen LogP) is 3.17. The number of carboxylic acids is 1. The van der Waals surface area contributed by atoms with Gasteiger partial charge in [-0.1, -0.05) is 45.0 Å². The lowest BCUT2D eigenvalue weighted by atomic mass is 9.96. The highest BCUT2D eigenvalue weighted by molar-refractivity contribution is 5.83. The van der Waals surface area contributed by atoms with Crippen molar-refractivity contribution in [1.29, 1.82) is 0 Å². The standard InChI is InChI=1S/C18H27NO3/c1-12(2)10-15-6-8-16(9-7-15)14(4)17(20)19(5)11-13(3)18(21)22/h6-9,12-14H,10-11H2,1-5H3,(H,21,22)/t13?,14-/m0/s1. The fourth-order valence-electron chi connectivity index (χ4n) is 2.47. The van der Waals surface area contributed by atoms with Crippen molar-refractivity contribution in [2.75, 3.05) is 13.6 Å². The molecule has 0 aliphatic rings. The number of carbonyl (C=O) groups is 2. The molecule has 0 spiro atoms. The van der Waals surface area contributed by atoms with Gasteiger partial charge in [-0.3, -0.25) is 9.59 Å². The SMILES string of the molecule is CC(C)Cc1ccc([C@H](C)C(=O)N(C)CC(C)C(=O)O)cc1. The van der Waals surface area contributed by atoms with Gasteiger partial charge in [-0.2, -0.15) is 0 Å². The van der Waals surface area contributed by atoms with E-state index < -0.39 is 11.9 Å². The third-order valence-corrected chi connectivity index (χ3v) is 3.84. The molecule has 0 bridgehead atoms. The monoisotopic (exact) mass is 305 g/mol. The van der Waals surface area contributed by atoms with Gasteiger partial charge in [0.05, 0.1) is 11.8 Å². The van der Waals surface area contributed by atoms with E-state index in [0.29, 0.717) is 5.92 Å². The van der Waals surface area contributed by atoms with Crippen LogP contribution in [0.3, 0.4) is 0 Å². The molecule has 0 saturated heterocycles. The summed E-state index contributed by atoms with van der Waals surface area (Å²) in [5.74, 6) is -1.16. The summed E-state index contributed by atoms with van der Waals surface area (Å²) in [5, 5.41) is 8.93. The molecule has 0 aromatic heterocycles. The van der Waals surface area contributed by atoms with Crippen molar-refractivity contribution in [1.82, 2.24) is 4.90 Å². The van der Waals surface area contributed by atoms with Gasteiger partial charge in [-0.25, -0.2) is 0 Å². The quantitative estimate of drug-likeness (QED) is 0.842. The van der Waals surface area contributed by atoms with Crippen molar-refractivity contribution in [3.63, 3.8) is 0 Å². The maximum atomic E-state index is 12.4. The molecule has 0 saturated carbocycles. The Kier molecular flexibility index (Phi) is 6.60. The molecule has 1 amide bonds. The minimum absolute atomic E-state index is 0.0512. The van der Waals surface area contributed by atoms with Crippen LogP contribution < -0.4 is 0 Å². The third-order valence-electron chi connectivity index (χ3n) is 3.84. The lowest BCUT2D eigenvalue weighted by Crippen LogP contribution is -2.36. The van der Waals surface area contributed by atoms with Crippen LogP contribution in [0, 0.1) is 11.8 Å². The van der Waals surface area contributed by atoms with Crippen molar-refractivity contribution in [3.8, 4) is 0 Å². The van der Waals surface area contributed by atoms with Crippen LogP contribution in [0.4, 0.5) is 0 Å². The summed E-state index contributed by atoms with van der Waals surface area (Å²) in [7, 11) is 1.66. The summed E-state index contributed by atoms with van der Waals surface area (Å²) < 4.78 is 0. The Morgan fingerprint density at radius 2 is 1.64 bits per heavy atom. The molecule has 0 radical (unpaired) electrons. The largest absolute Gasteiger partial charge is 0.481 e. The molecule has 1 rings (SSSR count). The number of nitrogens with zero attached hydrogens (tertiary/aromatic N) is 1. The second kappa shape index (κ2) is 7.97. The molecule has 2 atom stereocenters. The van der Waals surface area contributed by atoms with E-state index >= 15 is 0 Å². The summed E-state index contributed by atoms with van der Waals surface area (Å²) in [6, 6.07) is 8.13. The van der Waals surface area contributed by atoms with E-state index in [4.69, 9.17) is 5.11 Å². The number of carbonyl (C=O) groups excluding carboxylic acids is 1. The first-order valence-electron chi connectivity index (χ1n) is 7.79. The molecule has 1 unspecified atom stereocenters. The number of hydrogen-bond acceptors (Lipinski definition) is 2. The van der Waals surface area contributed by atoms with Gasteiger partial charge in [0.2, 0.25) is 5.91 Å². The van der Waals surface area contributed by atoms with E-state index in [-0.39, 0.29) is 18.4 Å². The average Bonchev–Trinajstić information content (AvgIpc) is 2.45. The van der Waals surface area contributed by atoms with Gasteiger partial charge in [0.25, 0.3) is 0 Å². The van der Waals surface area contributed by atoms with Gasteiger partial charge in [-0.05, 0) is 30.4 Å². The fraction of sp³-hybridized carbons (Fsp3) is 0.556. The second-order valence-corrected chi connectivity index (χ2v) is 6.52. The molecule has 1 aromatic carbocycles. The Hall–Kier alpha value is -1.84. The minimum atomic E-state index is -0.884. The molecule has 22 heavy (non-hydrogen) atoms. The van der Waals surface area contributed by atoms with E-state index in [1.807, 2.05) is 19.1 Å². The van der Waals surface area contributed by atoms with Gasteiger partial charge in [-0.15, -0.1) is 0 Å². The van der Waals surface area contributed by atoms with Crippen LogP contribution in [-0.2, 0) is 16.0 Å². The molecule has 0 aliphatic heterocycles. The number of carboxylic acid groups (broad SMARTS) is 1. The second-order valence-electron chi connectivity index (χ2n) is 6.52. The summed E-state index contributed by atoms with van der Waals surface area (Å²) in [6.07, 6.45) is 1.03. The van der Waals surface area contributed by atoms with Gasteiger partial charge in [0.1, 0.15) is 0 Å². The molecule has 0 heterocycles. The van der Waals surface area contributed by atoms with Crippen molar-refractivity contribution in [2.45, 2.75) is 40.0 Å².